The lowest BCUT2D eigenvalue weighted by atomic mass is 9.99. The van der Waals surface area contributed by atoms with Gasteiger partial charge in [0.2, 0.25) is 5.89 Å². The van der Waals surface area contributed by atoms with Crippen LogP contribution < -0.4 is 5.32 Å². The summed E-state index contributed by atoms with van der Waals surface area (Å²) >= 11 is 0. The minimum Gasteiger partial charge on any atom is -0.444 e. The molecule has 30 heavy (non-hydrogen) atoms. The molecule has 0 spiro atoms. The molecule has 1 atom stereocenters. The molecule has 0 bridgehead atoms. The zero-order chi connectivity index (χ0) is 22.1. The maximum Gasteiger partial charge on any atom is 0.408 e. The van der Waals surface area contributed by atoms with Crippen LogP contribution >= 0.6 is 0 Å². The molecule has 1 aromatic heterocycles. The minimum absolute atomic E-state index is 0.354. The van der Waals surface area contributed by atoms with Gasteiger partial charge >= 0.3 is 6.09 Å². The SMILES string of the molecule is Cc1cc(C)cc(C2CCCN2Cc2nc(C(C)(C)NC(=O)OC(C)(C)C)no2)c1. The van der Waals surface area contributed by atoms with Crippen LogP contribution in [0.25, 0.3) is 0 Å². The van der Waals surface area contributed by atoms with Crippen molar-refractivity contribution in [1.82, 2.24) is 20.4 Å². The lowest BCUT2D eigenvalue weighted by molar-refractivity contribution is 0.0465. The van der Waals surface area contributed by atoms with Crippen molar-refractivity contribution in [3.63, 3.8) is 0 Å². The molecule has 2 heterocycles. The number of nitrogens with one attached hydrogen (secondary N) is 1. The molecule has 1 unspecified atom stereocenters. The number of carbonyl (C=O) groups excluding carboxylic acids is 1. The van der Waals surface area contributed by atoms with Crippen molar-refractivity contribution in [2.24, 2.45) is 0 Å². The number of hydrogen-bond acceptors (Lipinski definition) is 6. The summed E-state index contributed by atoms with van der Waals surface area (Å²) < 4.78 is 10.9. The molecule has 1 fully saturated rings. The van der Waals surface area contributed by atoms with Crippen LogP contribution in [0.4, 0.5) is 4.79 Å². The molecule has 7 heteroatoms. The topological polar surface area (TPSA) is 80.5 Å². The van der Waals surface area contributed by atoms with Crippen molar-refractivity contribution in [2.45, 2.75) is 85.0 Å². The van der Waals surface area contributed by atoms with Crippen molar-refractivity contribution in [1.29, 1.82) is 0 Å². The Balaban J connectivity index is 1.69. The molecular weight excluding hydrogens is 380 g/mol. The largest absolute Gasteiger partial charge is 0.444 e. The van der Waals surface area contributed by atoms with E-state index in [2.05, 4.69) is 52.4 Å². The third kappa shape index (κ3) is 5.59. The summed E-state index contributed by atoms with van der Waals surface area (Å²) in [5.74, 6) is 0.992. The smallest absolute Gasteiger partial charge is 0.408 e. The number of amides is 1. The first-order chi connectivity index (χ1) is 13.9. The highest BCUT2D eigenvalue weighted by Gasteiger charge is 2.32. The molecule has 3 rings (SSSR count). The number of nitrogens with zero attached hydrogens (tertiary/aromatic N) is 3. The highest BCUT2D eigenvalue weighted by molar-refractivity contribution is 5.68. The third-order valence-electron chi connectivity index (χ3n) is 5.17. The van der Waals surface area contributed by atoms with Crippen LogP contribution in [0.3, 0.4) is 0 Å². The molecule has 1 amide bonds. The number of ether oxygens (including phenoxy) is 1. The first-order valence-corrected chi connectivity index (χ1v) is 10.6. The standard InChI is InChI=1S/C23H34N4O3/c1-15-11-16(2)13-17(12-15)18-9-8-10-27(18)14-19-24-20(26-30-19)23(6,7)25-21(28)29-22(3,4)5/h11-13,18H,8-10,14H2,1-7H3,(H,25,28). The van der Waals surface area contributed by atoms with Gasteiger partial charge < -0.3 is 14.6 Å². The summed E-state index contributed by atoms with van der Waals surface area (Å²) in [4.78, 5) is 19.1. The van der Waals surface area contributed by atoms with Crippen LogP contribution in [-0.4, -0.2) is 33.3 Å². The molecule has 0 aliphatic carbocycles. The van der Waals surface area contributed by atoms with Gasteiger partial charge in [-0.05, 0) is 73.4 Å². The van der Waals surface area contributed by atoms with Crippen LogP contribution in [0.15, 0.2) is 22.7 Å². The fourth-order valence-electron chi connectivity index (χ4n) is 3.96. The van der Waals surface area contributed by atoms with E-state index in [9.17, 15) is 4.79 Å². The fourth-order valence-corrected chi connectivity index (χ4v) is 3.96. The highest BCUT2D eigenvalue weighted by Crippen LogP contribution is 2.34. The number of likely N-dealkylation sites (tertiary alicyclic amines) is 1. The third-order valence-corrected chi connectivity index (χ3v) is 5.17. The summed E-state index contributed by atoms with van der Waals surface area (Å²) in [5.41, 5.74) is 2.54. The summed E-state index contributed by atoms with van der Waals surface area (Å²) in [6.45, 7) is 15.0. The van der Waals surface area contributed by atoms with E-state index in [-0.39, 0.29) is 0 Å². The predicted octanol–water partition coefficient (Wildman–Crippen LogP) is 4.78. The molecule has 1 aliphatic heterocycles. The van der Waals surface area contributed by atoms with E-state index in [1.807, 2.05) is 34.6 Å². The van der Waals surface area contributed by atoms with Crippen LogP contribution in [0.2, 0.25) is 0 Å². The number of carbonyl (C=O) groups is 1. The molecular formula is C23H34N4O3. The summed E-state index contributed by atoms with van der Waals surface area (Å²) in [6, 6.07) is 7.09. The van der Waals surface area contributed by atoms with Gasteiger partial charge in [-0.25, -0.2) is 4.79 Å². The van der Waals surface area contributed by atoms with Crippen molar-refractivity contribution in [3.05, 3.63) is 46.6 Å². The van der Waals surface area contributed by atoms with Crippen LogP contribution in [0.1, 0.15) is 81.9 Å². The first kappa shape index (κ1) is 22.3. The Morgan fingerprint density at radius 2 is 1.87 bits per heavy atom. The minimum atomic E-state index is -0.803. The number of benzene rings is 1. The molecule has 1 aliphatic rings. The van der Waals surface area contributed by atoms with Gasteiger partial charge in [-0.3, -0.25) is 4.90 Å². The highest BCUT2D eigenvalue weighted by atomic mass is 16.6. The van der Waals surface area contributed by atoms with Gasteiger partial charge in [0.1, 0.15) is 11.1 Å². The number of alkyl carbamates (subject to hydrolysis) is 1. The number of aryl methyl sites for hydroxylation is 2. The molecule has 1 aromatic carbocycles. The quantitative estimate of drug-likeness (QED) is 0.758. The fraction of sp³-hybridized carbons (Fsp3) is 0.609. The van der Waals surface area contributed by atoms with Gasteiger partial charge in [-0.1, -0.05) is 34.5 Å². The molecule has 2 aromatic rings. The number of rotatable bonds is 5. The Labute approximate surface area is 179 Å². The summed E-state index contributed by atoms with van der Waals surface area (Å²) in [7, 11) is 0. The van der Waals surface area contributed by atoms with Gasteiger partial charge in [-0.2, -0.15) is 4.98 Å². The maximum atomic E-state index is 12.2. The van der Waals surface area contributed by atoms with Crippen molar-refractivity contribution in [2.75, 3.05) is 6.54 Å². The van der Waals surface area contributed by atoms with Gasteiger partial charge in [0.05, 0.1) is 6.54 Å². The van der Waals surface area contributed by atoms with Gasteiger partial charge in [-0.15, -0.1) is 0 Å². The average molecular weight is 415 g/mol. The van der Waals surface area contributed by atoms with Gasteiger partial charge in [0.15, 0.2) is 5.82 Å². The molecule has 1 N–H and O–H groups in total. The van der Waals surface area contributed by atoms with Gasteiger partial charge in [0.25, 0.3) is 0 Å². The van der Waals surface area contributed by atoms with Gasteiger partial charge in [0, 0.05) is 6.04 Å². The summed E-state index contributed by atoms with van der Waals surface area (Å²) in [5, 5.41) is 6.95. The molecule has 0 saturated carbocycles. The molecule has 7 nitrogen and oxygen atoms in total. The van der Waals surface area contributed by atoms with E-state index >= 15 is 0 Å². The second-order valence-corrected chi connectivity index (χ2v) is 9.81. The predicted molar refractivity (Wildman–Crippen MR) is 115 cm³/mol. The zero-order valence-electron chi connectivity index (χ0n) is 19.2. The Morgan fingerprint density at radius 1 is 1.20 bits per heavy atom. The second-order valence-electron chi connectivity index (χ2n) is 9.81. The van der Waals surface area contributed by atoms with Crippen molar-refractivity contribution in [3.8, 4) is 0 Å². The number of aromatic nitrogens is 2. The van der Waals surface area contributed by atoms with E-state index < -0.39 is 17.2 Å². The van der Waals surface area contributed by atoms with Crippen LogP contribution in [-0.2, 0) is 16.8 Å². The van der Waals surface area contributed by atoms with Crippen LogP contribution in [0, 0.1) is 13.8 Å². The Morgan fingerprint density at radius 3 is 2.50 bits per heavy atom. The normalized spacial score (nSPS) is 17.9. The maximum absolute atomic E-state index is 12.2. The average Bonchev–Trinajstić information content (AvgIpc) is 3.21. The number of hydrogen-bond donors (Lipinski definition) is 1. The lowest BCUT2D eigenvalue weighted by Crippen LogP contribution is -2.44. The second kappa shape index (κ2) is 8.38. The monoisotopic (exact) mass is 414 g/mol. The van der Waals surface area contributed by atoms with E-state index in [0.29, 0.717) is 24.3 Å². The molecule has 1 saturated heterocycles. The van der Waals surface area contributed by atoms with E-state index in [4.69, 9.17) is 9.26 Å². The van der Waals surface area contributed by atoms with Crippen molar-refractivity contribution < 1.29 is 14.1 Å². The van der Waals surface area contributed by atoms with E-state index in [0.717, 1.165) is 19.4 Å². The van der Waals surface area contributed by atoms with E-state index in [1.165, 1.54) is 16.7 Å². The Bertz CT molecular complexity index is 878. The summed E-state index contributed by atoms with van der Waals surface area (Å²) in [6.07, 6.45) is 1.76. The first-order valence-electron chi connectivity index (χ1n) is 10.6. The lowest BCUT2D eigenvalue weighted by Gasteiger charge is -2.26. The Kier molecular flexibility index (Phi) is 6.22. The van der Waals surface area contributed by atoms with Crippen LogP contribution in [0.5, 0.6) is 0 Å². The Hall–Kier alpha value is -2.41. The molecule has 164 valence electrons. The zero-order valence-corrected chi connectivity index (χ0v) is 19.2. The van der Waals surface area contributed by atoms with Crippen molar-refractivity contribution >= 4 is 6.09 Å². The molecule has 0 radical (unpaired) electrons. The van der Waals surface area contributed by atoms with E-state index in [1.54, 1.807) is 0 Å².